The molecule has 0 aliphatic heterocycles. The molecule has 0 aromatic heterocycles. The van der Waals surface area contributed by atoms with E-state index in [1.54, 1.807) is 13.2 Å². The third-order valence-electron chi connectivity index (χ3n) is 4.57. The number of aryl methyl sites for hydroxylation is 2. The summed E-state index contributed by atoms with van der Waals surface area (Å²) in [6.45, 7) is 4.24. The van der Waals surface area contributed by atoms with Gasteiger partial charge in [-0.2, -0.15) is 5.10 Å². The van der Waals surface area contributed by atoms with E-state index < -0.39 is 0 Å². The molecule has 166 valence electrons. The van der Waals surface area contributed by atoms with Gasteiger partial charge in [0, 0.05) is 0 Å². The highest BCUT2D eigenvalue weighted by atomic mass is 79.9. The van der Waals surface area contributed by atoms with Crippen LogP contribution in [0.4, 0.5) is 0 Å². The second-order valence-corrected chi connectivity index (χ2v) is 8.01. The van der Waals surface area contributed by atoms with Crippen molar-refractivity contribution < 1.29 is 19.0 Å². The number of carbonyl (C=O) groups excluding carboxylic acids is 1. The van der Waals surface area contributed by atoms with Gasteiger partial charge in [0.05, 0.1) is 17.8 Å². The summed E-state index contributed by atoms with van der Waals surface area (Å²) in [5.74, 6) is 1.48. The number of hydrogen-bond acceptors (Lipinski definition) is 5. The molecule has 32 heavy (non-hydrogen) atoms. The third kappa shape index (κ3) is 6.59. The van der Waals surface area contributed by atoms with Gasteiger partial charge in [-0.15, -0.1) is 0 Å². The first-order valence-corrected chi connectivity index (χ1v) is 10.8. The smallest absolute Gasteiger partial charge is 0.277 e. The molecule has 0 radical (unpaired) electrons. The Morgan fingerprint density at radius 1 is 1.03 bits per heavy atom. The molecule has 0 aliphatic carbocycles. The van der Waals surface area contributed by atoms with Gasteiger partial charge >= 0.3 is 0 Å². The van der Waals surface area contributed by atoms with E-state index in [4.69, 9.17) is 14.2 Å². The fraction of sp³-hybridized carbons (Fsp3) is 0.200. The van der Waals surface area contributed by atoms with Crippen LogP contribution in [0.3, 0.4) is 0 Å². The van der Waals surface area contributed by atoms with Gasteiger partial charge in [0.2, 0.25) is 0 Å². The minimum absolute atomic E-state index is 0.124. The van der Waals surface area contributed by atoms with Crippen LogP contribution < -0.4 is 19.6 Å². The predicted molar refractivity (Wildman–Crippen MR) is 129 cm³/mol. The standard InChI is InChI=1S/C25H25BrN2O4/c1-17-9-10-22(18(2)11-17)31-16-24(29)28-27-14-20-12-21(26)25(23(13-20)30-3)32-15-19-7-5-4-6-8-19/h4-14H,15-16H2,1-3H3,(H,28,29)/b27-14+. The predicted octanol–water partition coefficient (Wildman–Crippen LogP) is 5.18. The lowest BCUT2D eigenvalue weighted by molar-refractivity contribution is -0.123. The summed E-state index contributed by atoms with van der Waals surface area (Å²) in [5, 5.41) is 4.01. The lowest BCUT2D eigenvalue weighted by Gasteiger charge is -2.13. The molecule has 3 aromatic carbocycles. The summed E-state index contributed by atoms with van der Waals surface area (Å²) >= 11 is 3.52. The summed E-state index contributed by atoms with van der Waals surface area (Å²) in [4.78, 5) is 12.0. The Morgan fingerprint density at radius 3 is 2.53 bits per heavy atom. The maximum Gasteiger partial charge on any atom is 0.277 e. The molecule has 1 N–H and O–H groups in total. The Bertz CT molecular complexity index is 1100. The summed E-state index contributed by atoms with van der Waals surface area (Å²) in [7, 11) is 1.57. The molecule has 0 atom stereocenters. The molecule has 7 heteroatoms. The number of amides is 1. The topological polar surface area (TPSA) is 69.2 Å². The van der Waals surface area contributed by atoms with Crippen molar-refractivity contribution in [2.45, 2.75) is 20.5 Å². The molecule has 0 spiro atoms. The maximum atomic E-state index is 12.0. The molecule has 3 rings (SSSR count). The molecule has 0 unspecified atom stereocenters. The molecule has 0 fully saturated rings. The van der Waals surface area contributed by atoms with Crippen molar-refractivity contribution >= 4 is 28.1 Å². The quantitative estimate of drug-likeness (QED) is 0.327. The largest absolute Gasteiger partial charge is 0.493 e. The zero-order chi connectivity index (χ0) is 22.9. The van der Waals surface area contributed by atoms with Gasteiger partial charge in [-0.05, 0) is 64.7 Å². The van der Waals surface area contributed by atoms with E-state index in [0.29, 0.717) is 23.9 Å². The summed E-state index contributed by atoms with van der Waals surface area (Å²) in [6.07, 6.45) is 1.53. The van der Waals surface area contributed by atoms with E-state index in [2.05, 4.69) is 26.5 Å². The van der Waals surface area contributed by atoms with Crippen LogP contribution in [0, 0.1) is 13.8 Å². The van der Waals surface area contributed by atoms with E-state index in [-0.39, 0.29) is 12.5 Å². The van der Waals surface area contributed by atoms with Crippen molar-refractivity contribution in [3.05, 3.63) is 87.4 Å². The zero-order valence-electron chi connectivity index (χ0n) is 18.2. The van der Waals surface area contributed by atoms with Crippen LogP contribution in [0.15, 0.2) is 70.2 Å². The van der Waals surface area contributed by atoms with Gasteiger partial charge in [0.15, 0.2) is 18.1 Å². The molecule has 1 amide bonds. The molecular formula is C25H25BrN2O4. The van der Waals surface area contributed by atoms with Gasteiger partial charge < -0.3 is 14.2 Å². The molecule has 0 saturated carbocycles. The molecule has 0 heterocycles. The highest BCUT2D eigenvalue weighted by molar-refractivity contribution is 9.10. The highest BCUT2D eigenvalue weighted by Gasteiger charge is 2.12. The number of rotatable bonds is 9. The van der Waals surface area contributed by atoms with Crippen molar-refractivity contribution in [3.63, 3.8) is 0 Å². The van der Waals surface area contributed by atoms with Gasteiger partial charge in [-0.1, -0.05) is 48.0 Å². The average Bonchev–Trinajstić information content (AvgIpc) is 2.78. The second kappa shape index (κ2) is 11.3. The maximum absolute atomic E-state index is 12.0. The third-order valence-corrected chi connectivity index (χ3v) is 5.16. The van der Waals surface area contributed by atoms with Crippen LogP contribution in [-0.4, -0.2) is 25.8 Å². The lowest BCUT2D eigenvalue weighted by atomic mass is 10.1. The number of hydrogen-bond donors (Lipinski definition) is 1. The monoisotopic (exact) mass is 496 g/mol. The van der Waals surface area contributed by atoms with Crippen LogP contribution in [0.25, 0.3) is 0 Å². The van der Waals surface area contributed by atoms with Crippen molar-refractivity contribution in [3.8, 4) is 17.2 Å². The number of halogens is 1. The zero-order valence-corrected chi connectivity index (χ0v) is 19.8. The number of ether oxygens (including phenoxy) is 3. The van der Waals surface area contributed by atoms with Crippen molar-refractivity contribution in [2.24, 2.45) is 5.10 Å². The number of nitrogens with zero attached hydrogens (tertiary/aromatic N) is 1. The minimum atomic E-state index is -0.352. The van der Waals surface area contributed by atoms with E-state index in [1.165, 1.54) is 6.21 Å². The summed E-state index contributed by atoms with van der Waals surface area (Å²) < 4.78 is 17.7. The first-order valence-electron chi connectivity index (χ1n) is 10.0. The lowest BCUT2D eigenvalue weighted by Crippen LogP contribution is -2.24. The Balaban J connectivity index is 1.57. The summed E-state index contributed by atoms with van der Waals surface area (Å²) in [6, 6.07) is 19.3. The van der Waals surface area contributed by atoms with Gasteiger partial charge in [-0.3, -0.25) is 4.79 Å². The molecule has 6 nitrogen and oxygen atoms in total. The van der Waals surface area contributed by atoms with Crippen molar-refractivity contribution in [1.82, 2.24) is 5.43 Å². The molecule has 0 saturated heterocycles. The van der Waals surface area contributed by atoms with Crippen LogP contribution in [0.2, 0.25) is 0 Å². The van der Waals surface area contributed by atoms with Crippen molar-refractivity contribution in [2.75, 3.05) is 13.7 Å². The molecule has 0 aliphatic rings. The van der Waals surface area contributed by atoms with Crippen LogP contribution in [0.5, 0.6) is 17.2 Å². The first-order chi connectivity index (χ1) is 15.5. The number of methoxy groups -OCH3 is 1. The number of nitrogens with one attached hydrogen (secondary N) is 1. The van der Waals surface area contributed by atoms with Gasteiger partial charge in [-0.25, -0.2) is 5.43 Å². The Hall–Kier alpha value is -3.32. The minimum Gasteiger partial charge on any atom is -0.493 e. The average molecular weight is 497 g/mol. The number of carbonyl (C=O) groups is 1. The normalized spacial score (nSPS) is 10.8. The van der Waals surface area contributed by atoms with Crippen molar-refractivity contribution in [1.29, 1.82) is 0 Å². The summed E-state index contributed by atoms with van der Waals surface area (Å²) in [5.41, 5.74) is 6.38. The van der Waals surface area contributed by atoms with E-state index in [0.717, 1.165) is 26.7 Å². The number of benzene rings is 3. The SMILES string of the molecule is COc1cc(/C=N/NC(=O)COc2ccc(C)cc2C)cc(Br)c1OCc1ccccc1. The Labute approximate surface area is 196 Å². The van der Waals surface area contributed by atoms with E-state index in [9.17, 15) is 4.79 Å². The molecule has 0 bridgehead atoms. The fourth-order valence-corrected chi connectivity index (χ4v) is 3.57. The second-order valence-electron chi connectivity index (χ2n) is 7.16. The van der Waals surface area contributed by atoms with Gasteiger partial charge in [0.1, 0.15) is 12.4 Å². The van der Waals surface area contributed by atoms with Crippen LogP contribution in [-0.2, 0) is 11.4 Å². The molecule has 3 aromatic rings. The number of hydrazone groups is 1. The van der Waals surface area contributed by atoms with Crippen LogP contribution >= 0.6 is 15.9 Å². The fourth-order valence-electron chi connectivity index (χ4n) is 3.00. The molecular weight excluding hydrogens is 472 g/mol. The van der Waals surface area contributed by atoms with E-state index >= 15 is 0 Å². The van der Waals surface area contributed by atoms with Crippen LogP contribution in [0.1, 0.15) is 22.3 Å². The highest BCUT2D eigenvalue weighted by Crippen LogP contribution is 2.36. The van der Waals surface area contributed by atoms with E-state index in [1.807, 2.05) is 68.4 Å². The first kappa shape index (κ1) is 23.3. The Morgan fingerprint density at radius 2 is 1.81 bits per heavy atom. The Kier molecular flexibility index (Phi) is 8.27. The van der Waals surface area contributed by atoms with Gasteiger partial charge in [0.25, 0.3) is 5.91 Å².